The Morgan fingerprint density at radius 2 is 1.83 bits per heavy atom. The Kier molecular flexibility index (Phi) is 7.53. The van der Waals surface area contributed by atoms with E-state index in [4.69, 9.17) is 9.47 Å². The summed E-state index contributed by atoms with van der Waals surface area (Å²) in [5.74, 6) is 0.168. The number of nitrogens with one attached hydrogen (secondary N) is 1. The van der Waals surface area contributed by atoms with Crippen molar-refractivity contribution in [2.45, 2.75) is 52.5 Å². The standard InChI is InChI=1S/C23H26F3N5O3S/c1-13(2)33-15-7-8-17(27-11-15)18-12-35-20(29-18)30-19-16(23(24,25)26)9-14(10-28-19)31(6)21(32)34-22(3,4)5/h7-13H,1-6H3,(H,28,29,30). The number of hydrogen-bond donors (Lipinski definition) is 1. The SMILES string of the molecule is CC(C)Oc1ccc(-c2csc(Nc3ncc(N(C)C(=O)OC(C)(C)C)cc3C(F)(F)F)n2)nc1. The van der Waals surface area contributed by atoms with Gasteiger partial charge in [-0.25, -0.2) is 14.8 Å². The molecule has 0 saturated heterocycles. The molecule has 0 aromatic carbocycles. The summed E-state index contributed by atoms with van der Waals surface area (Å²) in [4.78, 5) is 25.8. The topological polar surface area (TPSA) is 89.5 Å². The van der Waals surface area contributed by atoms with Gasteiger partial charge in [-0.3, -0.25) is 9.88 Å². The first kappa shape index (κ1) is 26.2. The van der Waals surface area contributed by atoms with Gasteiger partial charge in [0.25, 0.3) is 0 Å². The number of ether oxygens (including phenoxy) is 2. The van der Waals surface area contributed by atoms with Crippen molar-refractivity contribution >= 4 is 34.1 Å². The molecule has 0 fully saturated rings. The van der Waals surface area contributed by atoms with Crippen LogP contribution in [0.4, 0.5) is 34.6 Å². The van der Waals surface area contributed by atoms with Crippen LogP contribution in [0.15, 0.2) is 36.0 Å². The Bertz CT molecular complexity index is 1170. The van der Waals surface area contributed by atoms with Crippen molar-refractivity contribution in [1.29, 1.82) is 0 Å². The predicted octanol–water partition coefficient (Wildman–Crippen LogP) is 6.52. The van der Waals surface area contributed by atoms with E-state index in [0.717, 1.165) is 28.5 Å². The predicted molar refractivity (Wildman–Crippen MR) is 128 cm³/mol. The minimum atomic E-state index is -4.73. The fourth-order valence-corrected chi connectivity index (χ4v) is 3.52. The van der Waals surface area contributed by atoms with E-state index in [0.29, 0.717) is 17.1 Å². The lowest BCUT2D eigenvalue weighted by Crippen LogP contribution is -2.34. The summed E-state index contributed by atoms with van der Waals surface area (Å²) >= 11 is 1.11. The number of aromatic nitrogens is 3. The van der Waals surface area contributed by atoms with Crippen LogP contribution in [0.5, 0.6) is 5.75 Å². The van der Waals surface area contributed by atoms with Gasteiger partial charge in [-0.05, 0) is 52.8 Å². The van der Waals surface area contributed by atoms with Crippen LogP contribution in [-0.2, 0) is 10.9 Å². The largest absolute Gasteiger partial charge is 0.489 e. The Labute approximate surface area is 205 Å². The fraction of sp³-hybridized carbons (Fsp3) is 0.391. The highest BCUT2D eigenvalue weighted by molar-refractivity contribution is 7.14. The molecule has 0 aliphatic heterocycles. The minimum Gasteiger partial charge on any atom is -0.489 e. The van der Waals surface area contributed by atoms with E-state index in [1.165, 1.54) is 7.05 Å². The van der Waals surface area contributed by atoms with Gasteiger partial charge in [0.1, 0.15) is 28.4 Å². The molecule has 3 aromatic rings. The highest BCUT2D eigenvalue weighted by atomic mass is 32.1. The molecule has 0 aliphatic carbocycles. The van der Waals surface area contributed by atoms with Gasteiger partial charge < -0.3 is 14.8 Å². The van der Waals surface area contributed by atoms with Crippen LogP contribution in [0.2, 0.25) is 0 Å². The smallest absolute Gasteiger partial charge is 0.420 e. The number of hydrogen-bond acceptors (Lipinski definition) is 8. The third-order valence-electron chi connectivity index (χ3n) is 4.33. The molecule has 0 unspecified atom stereocenters. The number of alkyl halides is 3. The van der Waals surface area contributed by atoms with Gasteiger partial charge in [0, 0.05) is 12.4 Å². The molecule has 0 saturated carbocycles. The zero-order valence-electron chi connectivity index (χ0n) is 20.1. The van der Waals surface area contributed by atoms with Crippen LogP contribution in [0.25, 0.3) is 11.4 Å². The molecule has 8 nitrogen and oxygen atoms in total. The Morgan fingerprint density at radius 1 is 1.11 bits per heavy atom. The summed E-state index contributed by atoms with van der Waals surface area (Å²) in [7, 11) is 1.32. The second-order valence-electron chi connectivity index (χ2n) is 8.84. The van der Waals surface area contributed by atoms with E-state index in [1.807, 2.05) is 13.8 Å². The summed E-state index contributed by atoms with van der Waals surface area (Å²) in [6.45, 7) is 8.79. The molecule has 3 aromatic heterocycles. The maximum absolute atomic E-state index is 13.8. The Balaban J connectivity index is 1.83. The van der Waals surface area contributed by atoms with E-state index >= 15 is 0 Å². The summed E-state index contributed by atoms with van der Waals surface area (Å²) in [5.41, 5.74) is -0.876. The molecule has 1 amide bonds. The van der Waals surface area contributed by atoms with Gasteiger partial charge in [0.15, 0.2) is 5.13 Å². The molecule has 35 heavy (non-hydrogen) atoms. The number of pyridine rings is 2. The van der Waals surface area contributed by atoms with Crippen LogP contribution in [0, 0.1) is 0 Å². The lowest BCUT2D eigenvalue weighted by molar-refractivity contribution is -0.137. The van der Waals surface area contributed by atoms with Crippen LogP contribution in [0.3, 0.4) is 0 Å². The van der Waals surface area contributed by atoms with Crippen LogP contribution in [-0.4, -0.2) is 39.8 Å². The molecule has 3 heterocycles. The molecule has 0 bridgehead atoms. The third kappa shape index (κ3) is 7.04. The lowest BCUT2D eigenvalue weighted by atomic mass is 10.2. The van der Waals surface area contributed by atoms with Crippen molar-refractivity contribution in [3.05, 3.63) is 41.5 Å². The molecule has 0 radical (unpaired) electrons. The summed E-state index contributed by atoms with van der Waals surface area (Å²) in [6, 6.07) is 4.30. The second-order valence-corrected chi connectivity index (χ2v) is 9.69. The molecular formula is C23H26F3N5O3S. The Hall–Kier alpha value is -3.41. The van der Waals surface area contributed by atoms with Crippen molar-refractivity contribution in [2.75, 3.05) is 17.3 Å². The van der Waals surface area contributed by atoms with Crippen LogP contribution in [0.1, 0.15) is 40.2 Å². The zero-order valence-corrected chi connectivity index (χ0v) is 20.9. The van der Waals surface area contributed by atoms with Gasteiger partial charge >= 0.3 is 12.3 Å². The van der Waals surface area contributed by atoms with E-state index in [-0.39, 0.29) is 16.9 Å². The highest BCUT2D eigenvalue weighted by Gasteiger charge is 2.36. The summed E-state index contributed by atoms with van der Waals surface area (Å²) in [5, 5.41) is 4.51. The number of amides is 1. The molecule has 3 rings (SSSR count). The number of carbonyl (C=O) groups is 1. The maximum Gasteiger partial charge on any atom is 0.420 e. The van der Waals surface area contributed by atoms with Crippen LogP contribution < -0.4 is 15.0 Å². The van der Waals surface area contributed by atoms with Gasteiger partial charge in [-0.15, -0.1) is 11.3 Å². The average molecular weight is 510 g/mol. The lowest BCUT2D eigenvalue weighted by Gasteiger charge is -2.25. The highest BCUT2D eigenvalue weighted by Crippen LogP contribution is 2.38. The Morgan fingerprint density at radius 3 is 2.40 bits per heavy atom. The number of nitrogens with zero attached hydrogens (tertiary/aromatic N) is 4. The third-order valence-corrected chi connectivity index (χ3v) is 5.09. The number of halogens is 3. The molecule has 0 spiro atoms. The van der Waals surface area contributed by atoms with Crippen molar-refractivity contribution in [2.24, 2.45) is 0 Å². The number of thiazole rings is 1. The van der Waals surface area contributed by atoms with E-state index in [1.54, 1.807) is 44.5 Å². The summed E-state index contributed by atoms with van der Waals surface area (Å²) < 4.78 is 52.2. The fourth-order valence-electron chi connectivity index (χ4n) is 2.81. The van der Waals surface area contributed by atoms with Crippen molar-refractivity contribution in [1.82, 2.24) is 15.0 Å². The maximum atomic E-state index is 13.8. The van der Waals surface area contributed by atoms with Crippen LogP contribution >= 0.6 is 11.3 Å². The molecule has 12 heteroatoms. The average Bonchev–Trinajstić information content (AvgIpc) is 3.20. The van der Waals surface area contributed by atoms with Gasteiger partial charge in [0.05, 0.1) is 29.9 Å². The minimum absolute atomic E-state index is 0.00312. The number of carbonyl (C=O) groups excluding carboxylic acids is 1. The van der Waals surface area contributed by atoms with E-state index in [2.05, 4.69) is 20.3 Å². The van der Waals surface area contributed by atoms with Crippen molar-refractivity contribution in [3.63, 3.8) is 0 Å². The molecule has 0 aliphatic rings. The van der Waals surface area contributed by atoms with Gasteiger partial charge in [0.2, 0.25) is 0 Å². The first-order chi connectivity index (χ1) is 16.2. The molecule has 0 atom stereocenters. The van der Waals surface area contributed by atoms with E-state index in [9.17, 15) is 18.0 Å². The van der Waals surface area contributed by atoms with Gasteiger partial charge in [-0.2, -0.15) is 13.2 Å². The second kappa shape index (κ2) is 10.1. The first-order valence-electron chi connectivity index (χ1n) is 10.6. The number of rotatable bonds is 6. The molecule has 188 valence electrons. The van der Waals surface area contributed by atoms with E-state index < -0.39 is 29.3 Å². The first-order valence-corrected chi connectivity index (χ1v) is 11.5. The summed E-state index contributed by atoms with van der Waals surface area (Å²) in [6.07, 6.45) is -2.80. The zero-order chi connectivity index (χ0) is 26.0. The normalized spacial score (nSPS) is 11.9. The monoisotopic (exact) mass is 509 g/mol. The van der Waals surface area contributed by atoms with Crippen molar-refractivity contribution < 1.29 is 27.4 Å². The molecular weight excluding hydrogens is 483 g/mol. The molecule has 1 N–H and O–H groups in total. The van der Waals surface area contributed by atoms with Gasteiger partial charge in [-0.1, -0.05) is 0 Å². The number of anilines is 3. The van der Waals surface area contributed by atoms with Crippen molar-refractivity contribution in [3.8, 4) is 17.1 Å². The quantitative estimate of drug-likeness (QED) is 0.405.